The molecule has 1 aromatic heterocycles. The molecule has 2 aliphatic heterocycles. The number of likely N-dealkylation sites (tertiary alicyclic amines) is 2. The van der Waals surface area contributed by atoms with Crippen LogP contribution in [0.2, 0.25) is 0 Å². The number of hydrogen-bond acceptors (Lipinski definition) is 3. The number of hydrogen-bond donors (Lipinski definition) is 0. The smallest absolute Gasteiger partial charge is 0.319 e. The van der Waals surface area contributed by atoms with Crippen molar-refractivity contribution < 1.29 is 14.0 Å². The van der Waals surface area contributed by atoms with E-state index in [9.17, 15) is 9.59 Å². The minimum atomic E-state index is 0.0155. The lowest BCUT2D eigenvalue weighted by Gasteiger charge is -2.37. The van der Waals surface area contributed by atoms with E-state index in [1.807, 2.05) is 21.9 Å². The Morgan fingerprint density at radius 2 is 1.84 bits per heavy atom. The second kappa shape index (κ2) is 7.93. The average molecular weight is 347 g/mol. The minimum absolute atomic E-state index is 0.0155. The molecule has 3 rings (SSSR count). The van der Waals surface area contributed by atoms with Crippen molar-refractivity contribution in [1.29, 1.82) is 0 Å². The zero-order chi connectivity index (χ0) is 17.8. The number of carbonyl (C=O) groups excluding carboxylic acids is 2. The molecule has 2 saturated heterocycles. The molecule has 3 heterocycles. The molecule has 6 heteroatoms. The maximum atomic E-state index is 13.2. The van der Waals surface area contributed by atoms with Gasteiger partial charge in [0.25, 0.3) is 0 Å². The van der Waals surface area contributed by atoms with Gasteiger partial charge in [0, 0.05) is 39.6 Å². The third-order valence-corrected chi connectivity index (χ3v) is 5.40. The van der Waals surface area contributed by atoms with E-state index in [1.54, 1.807) is 25.3 Å². The fourth-order valence-corrected chi connectivity index (χ4v) is 3.98. The molecule has 3 amide bonds. The van der Waals surface area contributed by atoms with Gasteiger partial charge in [0.05, 0.1) is 12.3 Å². The monoisotopic (exact) mass is 347 g/mol. The average Bonchev–Trinajstić information content (AvgIpc) is 3.05. The summed E-state index contributed by atoms with van der Waals surface area (Å²) in [4.78, 5) is 30.8. The van der Waals surface area contributed by atoms with E-state index in [0.29, 0.717) is 13.1 Å². The molecule has 0 spiro atoms. The van der Waals surface area contributed by atoms with E-state index in [0.717, 1.165) is 50.8 Å². The molecule has 25 heavy (non-hydrogen) atoms. The van der Waals surface area contributed by atoms with Gasteiger partial charge in [0.15, 0.2) is 0 Å². The van der Waals surface area contributed by atoms with Crippen LogP contribution in [0.4, 0.5) is 4.79 Å². The molecular formula is C19H29N3O3. The standard InChI is InChI=1S/C19H29N3O3/c1-20(2)19(24)21-12-9-15(10-13-21)18(23)22-11-5-3-4-7-16(22)17-8-6-14-25-17/h6,8,14-16H,3-5,7,9-13H2,1-2H3/t16-/m0/s1. The molecule has 0 aliphatic carbocycles. The van der Waals surface area contributed by atoms with Gasteiger partial charge in [-0.15, -0.1) is 0 Å². The van der Waals surface area contributed by atoms with Crippen LogP contribution in [-0.4, -0.2) is 60.4 Å². The van der Waals surface area contributed by atoms with Crippen molar-refractivity contribution in [3.05, 3.63) is 24.2 Å². The lowest BCUT2D eigenvalue weighted by atomic mass is 9.94. The van der Waals surface area contributed by atoms with Gasteiger partial charge >= 0.3 is 6.03 Å². The normalized spacial score (nSPS) is 22.6. The van der Waals surface area contributed by atoms with Crippen molar-refractivity contribution in [3.63, 3.8) is 0 Å². The van der Waals surface area contributed by atoms with E-state index in [1.165, 1.54) is 0 Å². The molecule has 6 nitrogen and oxygen atoms in total. The molecule has 1 atom stereocenters. The fourth-order valence-electron chi connectivity index (χ4n) is 3.98. The van der Waals surface area contributed by atoms with E-state index >= 15 is 0 Å². The van der Waals surface area contributed by atoms with Crippen LogP contribution in [0.1, 0.15) is 50.3 Å². The van der Waals surface area contributed by atoms with E-state index in [4.69, 9.17) is 4.42 Å². The Balaban J connectivity index is 1.66. The van der Waals surface area contributed by atoms with Gasteiger partial charge in [0.1, 0.15) is 5.76 Å². The van der Waals surface area contributed by atoms with Gasteiger partial charge in [-0.25, -0.2) is 4.79 Å². The second-order valence-electron chi connectivity index (χ2n) is 7.35. The summed E-state index contributed by atoms with van der Waals surface area (Å²) in [6, 6.07) is 3.98. The summed E-state index contributed by atoms with van der Waals surface area (Å²) in [6.45, 7) is 2.13. The van der Waals surface area contributed by atoms with Gasteiger partial charge in [0.2, 0.25) is 5.91 Å². The Labute approximate surface area is 149 Å². The highest BCUT2D eigenvalue weighted by Crippen LogP contribution is 2.33. The van der Waals surface area contributed by atoms with Gasteiger partial charge in [-0.1, -0.05) is 12.8 Å². The van der Waals surface area contributed by atoms with Crippen LogP contribution in [0.3, 0.4) is 0 Å². The number of furan rings is 1. The number of piperidine rings is 1. The molecule has 2 aliphatic rings. The molecule has 0 saturated carbocycles. The van der Waals surface area contributed by atoms with Crippen LogP contribution in [0.5, 0.6) is 0 Å². The third-order valence-electron chi connectivity index (χ3n) is 5.40. The second-order valence-corrected chi connectivity index (χ2v) is 7.35. The van der Waals surface area contributed by atoms with Gasteiger partial charge < -0.3 is 19.1 Å². The van der Waals surface area contributed by atoms with Gasteiger partial charge in [-0.05, 0) is 37.8 Å². The topological polar surface area (TPSA) is 57.0 Å². The Bertz CT molecular complexity index is 577. The zero-order valence-corrected chi connectivity index (χ0v) is 15.3. The Hall–Kier alpha value is -1.98. The van der Waals surface area contributed by atoms with Crippen LogP contribution in [-0.2, 0) is 4.79 Å². The molecule has 0 aromatic carbocycles. The molecule has 0 unspecified atom stereocenters. The van der Waals surface area contributed by atoms with Crippen molar-refractivity contribution in [2.45, 2.75) is 44.6 Å². The minimum Gasteiger partial charge on any atom is -0.467 e. The van der Waals surface area contributed by atoms with Crippen LogP contribution >= 0.6 is 0 Å². The summed E-state index contributed by atoms with van der Waals surface area (Å²) in [5.41, 5.74) is 0. The quantitative estimate of drug-likeness (QED) is 0.826. The summed E-state index contributed by atoms with van der Waals surface area (Å²) >= 11 is 0. The van der Waals surface area contributed by atoms with E-state index < -0.39 is 0 Å². The molecule has 2 fully saturated rings. The zero-order valence-electron chi connectivity index (χ0n) is 15.3. The number of nitrogens with zero attached hydrogens (tertiary/aromatic N) is 3. The summed E-state index contributed by atoms with van der Waals surface area (Å²) in [6.07, 6.45) is 7.51. The Morgan fingerprint density at radius 1 is 1.08 bits per heavy atom. The maximum absolute atomic E-state index is 13.2. The first kappa shape index (κ1) is 17.8. The SMILES string of the molecule is CN(C)C(=O)N1CCC(C(=O)N2CCCCC[C@H]2c2ccco2)CC1. The molecule has 138 valence electrons. The fraction of sp³-hybridized carbons (Fsp3) is 0.684. The summed E-state index contributed by atoms with van der Waals surface area (Å²) in [7, 11) is 3.54. The lowest BCUT2D eigenvalue weighted by Crippen LogP contribution is -2.47. The van der Waals surface area contributed by atoms with E-state index in [2.05, 4.69) is 0 Å². The Morgan fingerprint density at radius 3 is 2.48 bits per heavy atom. The first-order valence-corrected chi connectivity index (χ1v) is 9.38. The van der Waals surface area contributed by atoms with Gasteiger partial charge in [-0.3, -0.25) is 4.79 Å². The summed E-state index contributed by atoms with van der Waals surface area (Å²) in [5.74, 6) is 1.15. The highest BCUT2D eigenvalue weighted by atomic mass is 16.3. The lowest BCUT2D eigenvalue weighted by molar-refractivity contribution is -0.139. The molecule has 0 radical (unpaired) electrons. The number of carbonyl (C=O) groups is 2. The molecule has 1 aromatic rings. The molecule has 0 N–H and O–H groups in total. The highest BCUT2D eigenvalue weighted by molar-refractivity contribution is 5.80. The number of urea groups is 1. The first-order valence-electron chi connectivity index (χ1n) is 9.38. The third kappa shape index (κ3) is 3.99. The molecule has 0 bridgehead atoms. The maximum Gasteiger partial charge on any atom is 0.319 e. The van der Waals surface area contributed by atoms with Crippen LogP contribution in [0.15, 0.2) is 22.8 Å². The number of rotatable bonds is 2. The van der Waals surface area contributed by atoms with Crippen LogP contribution in [0, 0.1) is 5.92 Å². The largest absolute Gasteiger partial charge is 0.467 e. The van der Waals surface area contributed by atoms with Crippen molar-refractivity contribution in [3.8, 4) is 0 Å². The van der Waals surface area contributed by atoms with Crippen molar-refractivity contribution in [1.82, 2.24) is 14.7 Å². The van der Waals surface area contributed by atoms with Gasteiger partial charge in [-0.2, -0.15) is 0 Å². The Kier molecular flexibility index (Phi) is 5.66. The summed E-state index contributed by atoms with van der Waals surface area (Å²) in [5, 5.41) is 0. The first-order chi connectivity index (χ1) is 12.1. The summed E-state index contributed by atoms with van der Waals surface area (Å²) < 4.78 is 5.62. The van der Waals surface area contributed by atoms with E-state index in [-0.39, 0.29) is 23.9 Å². The van der Waals surface area contributed by atoms with Crippen LogP contribution < -0.4 is 0 Å². The predicted molar refractivity (Wildman–Crippen MR) is 95.0 cm³/mol. The van der Waals surface area contributed by atoms with Crippen molar-refractivity contribution in [2.75, 3.05) is 33.7 Å². The number of amides is 3. The van der Waals surface area contributed by atoms with Crippen LogP contribution in [0.25, 0.3) is 0 Å². The predicted octanol–water partition coefficient (Wildman–Crippen LogP) is 3.12. The van der Waals surface area contributed by atoms with Crippen molar-refractivity contribution in [2.24, 2.45) is 5.92 Å². The highest BCUT2D eigenvalue weighted by Gasteiger charge is 2.35. The molecular weight excluding hydrogens is 318 g/mol. The van der Waals surface area contributed by atoms with Crippen molar-refractivity contribution >= 4 is 11.9 Å².